The van der Waals surface area contributed by atoms with E-state index < -0.39 is 0 Å². The molecule has 2 rings (SSSR count). The number of thioether (sulfide) groups is 2. The molecule has 0 saturated carbocycles. The molecule has 2 fully saturated rings. The first-order valence-corrected chi connectivity index (χ1v) is 17.2. The van der Waals surface area contributed by atoms with E-state index in [-0.39, 0.29) is 52.0 Å². The maximum absolute atomic E-state index is 12.2. The standard InChI is InChI=1S/C29H48N4O6S2/c1-4-33-27(37)20-23(29(33)39)41-18-11-5-7-14-24(34)30-16-10-9-13-21(2)31-25(35)15-8-6-12-17-40-22-19-26(36)32(3)28(22)38/h21-23H,4-20H2,1-3H3,(H,30,34)(H,31,35)/t21-,22?,23?/m1/s1. The summed E-state index contributed by atoms with van der Waals surface area (Å²) in [5.41, 5.74) is 0. The van der Waals surface area contributed by atoms with Gasteiger partial charge in [0.25, 0.3) is 0 Å². The van der Waals surface area contributed by atoms with Crippen LogP contribution in [0.3, 0.4) is 0 Å². The fourth-order valence-corrected chi connectivity index (χ4v) is 7.26. The molecule has 2 saturated heterocycles. The number of rotatable bonds is 21. The van der Waals surface area contributed by atoms with Crippen molar-refractivity contribution >= 4 is 59.0 Å². The molecule has 41 heavy (non-hydrogen) atoms. The van der Waals surface area contributed by atoms with Crippen LogP contribution < -0.4 is 10.6 Å². The first-order valence-electron chi connectivity index (χ1n) is 15.1. The third-order valence-corrected chi connectivity index (χ3v) is 9.98. The van der Waals surface area contributed by atoms with Gasteiger partial charge in [0.2, 0.25) is 35.4 Å². The highest BCUT2D eigenvalue weighted by Gasteiger charge is 2.37. The maximum Gasteiger partial charge on any atom is 0.242 e. The molecule has 6 amide bonds. The summed E-state index contributed by atoms with van der Waals surface area (Å²) < 4.78 is 0. The largest absolute Gasteiger partial charge is 0.356 e. The van der Waals surface area contributed by atoms with E-state index in [0.29, 0.717) is 38.8 Å². The fourth-order valence-electron chi connectivity index (χ4n) is 4.86. The molecule has 0 aromatic rings. The summed E-state index contributed by atoms with van der Waals surface area (Å²) in [6.07, 6.45) is 9.54. The van der Waals surface area contributed by atoms with Crippen LogP contribution in [-0.4, -0.2) is 93.4 Å². The van der Waals surface area contributed by atoms with Gasteiger partial charge in [0.05, 0.1) is 10.5 Å². The van der Waals surface area contributed by atoms with Gasteiger partial charge in [-0.1, -0.05) is 12.8 Å². The summed E-state index contributed by atoms with van der Waals surface area (Å²) in [6.45, 7) is 4.90. The van der Waals surface area contributed by atoms with Gasteiger partial charge in [0.15, 0.2) is 0 Å². The average molecular weight is 613 g/mol. The molecule has 12 heteroatoms. The Morgan fingerprint density at radius 2 is 1.39 bits per heavy atom. The Hall–Kier alpha value is -2.08. The van der Waals surface area contributed by atoms with Crippen LogP contribution in [0.2, 0.25) is 0 Å². The highest BCUT2D eigenvalue weighted by Crippen LogP contribution is 2.26. The molecule has 2 aliphatic rings. The highest BCUT2D eigenvalue weighted by molar-refractivity contribution is 8.00. The average Bonchev–Trinajstić information content (AvgIpc) is 3.35. The molecule has 0 bridgehead atoms. The minimum Gasteiger partial charge on any atom is -0.356 e. The molecule has 0 spiro atoms. The smallest absolute Gasteiger partial charge is 0.242 e. The quantitative estimate of drug-likeness (QED) is 0.149. The lowest BCUT2D eigenvalue weighted by molar-refractivity contribution is -0.139. The number of nitrogens with one attached hydrogen (secondary N) is 2. The molecule has 2 unspecified atom stereocenters. The zero-order chi connectivity index (χ0) is 30.2. The summed E-state index contributed by atoms with van der Waals surface area (Å²) in [5.74, 6) is 1.40. The number of nitrogens with zero attached hydrogens (tertiary/aromatic N) is 2. The van der Waals surface area contributed by atoms with Gasteiger partial charge >= 0.3 is 0 Å². The van der Waals surface area contributed by atoms with Crippen LogP contribution in [0.1, 0.15) is 97.3 Å². The van der Waals surface area contributed by atoms with E-state index in [0.717, 1.165) is 69.3 Å². The molecular weight excluding hydrogens is 564 g/mol. The molecule has 2 heterocycles. The molecule has 2 aliphatic heterocycles. The fraction of sp³-hybridized carbons (Fsp3) is 0.793. The third-order valence-electron chi connectivity index (χ3n) is 7.39. The number of carbonyl (C=O) groups is 6. The van der Waals surface area contributed by atoms with Crippen molar-refractivity contribution in [1.82, 2.24) is 20.4 Å². The van der Waals surface area contributed by atoms with E-state index in [4.69, 9.17) is 0 Å². The van der Waals surface area contributed by atoms with Crippen LogP contribution in [0.4, 0.5) is 0 Å². The Balaban J connectivity index is 1.37. The summed E-state index contributed by atoms with van der Waals surface area (Å²) >= 11 is 3.09. The van der Waals surface area contributed by atoms with Gasteiger partial charge in [-0.3, -0.25) is 38.6 Å². The normalized spacial score (nSPS) is 19.8. The summed E-state index contributed by atoms with van der Waals surface area (Å²) in [5, 5.41) is 5.52. The van der Waals surface area contributed by atoms with Crippen LogP contribution in [-0.2, 0) is 28.8 Å². The number of unbranched alkanes of at least 4 members (excludes halogenated alkanes) is 5. The maximum atomic E-state index is 12.2. The van der Waals surface area contributed by atoms with Crippen LogP contribution in [0.15, 0.2) is 0 Å². The number of carbonyl (C=O) groups excluding carboxylic acids is 6. The molecule has 10 nitrogen and oxygen atoms in total. The molecule has 232 valence electrons. The predicted molar refractivity (Wildman–Crippen MR) is 163 cm³/mol. The van der Waals surface area contributed by atoms with Gasteiger partial charge < -0.3 is 10.6 Å². The highest BCUT2D eigenvalue weighted by atomic mass is 32.2. The van der Waals surface area contributed by atoms with Crippen molar-refractivity contribution in [3.8, 4) is 0 Å². The van der Waals surface area contributed by atoms with Gasteiger partial charge in [0.1, 0.15) is 0 Å². The van der Waals surface area contributed by atoms with Gasteiger partial charge in [-0.15, -0.1) is 23.5 Å². The molecule has 0 aromatic carbocycles. The monoisotopic (exact) mass is 612 g/mol. The molecular formula is C29H48N4O6S2. The Labute approximate surface area is 253 Å². The van der Waals surface area contributed by atoms with Crippen molar-refractivity contribution in [3.63, 3.8) is 0 Å². The van der Waals surface area contributed by atoms with E-state index >= 15 is 0 Å². The van der Waals surface area contributed by atoms with E-state index in [9.17, 15) is 28.8 Å². The van der Waals surface area contributed by atoms with Crippen molar-refractivity contribution < 1.29 is 28.8 Å². The molecule has 0 aromatic heterocycles. The van der Waals surface area contributed by atoms with Gasteiger partial charge in [-0.05, 0) is 70.3 Å². The number of amides is 6. The minimum atomic E-state index is -0.247. The number of imide groups is 2. The van der Waals surface area contributed by atoms with Crippen LogP contribution >= 0.6 is 23.5 Å². The second-order valence-electron chi connectivity index (χ2n) is 10.8. The van der Waals surface area contributed by atoms with Crippen molar-refractivity contribution in [2.45, 2.75) is 114 Å². The molecule has 0 aliphatic carbocycles. The SMILES string of the molecule is CCN1C(=O)CC(SCCCCCC(=O)NCCCC[C@@H](C)NC(=O)CCCCCSC2CC(=O)N(C)C2=O)C1=O. The van der Waals surface area contributed by atoms with Gasteiger partial charge in [-0.25, -0.2) is 0 Å². The Kier molecular flexibility index (Phi) is 16.4. The number of hydrogen-bond donors (Lipinski definition) is 2. The zero-order valence-corrected chi connectivity index (χ0v) is 26.5. The summed E-state index contributed by atoms with van der Waals surface area (Å²) in [6, 6.07) is 0.0947. The predicted octanol–water partition coefficient (Wildman–Crippen LogP) is 3.27. The first kappa shape index (κ1) is 35.1. The van der Waals surface area contributed by atoms with Crippen molar-refractivity contribution in [2.24, 2.45) is 0 Å². The zero-order valence-electron chi connectivity index (χ0n) is 24.9. The van der Waals surface area contributed by atoms with E-state index in [2.05, 4.69) is 10.6 Å². The molecule has 3 atom stereocenters. The Bertz CT molecular complexity index is 918. The van der Waals surface area contributed by atoms with Crippen LogP contribution in [0.5, 0.6) is 0 Å². The number of likely N-dealkylation sites (tertiary alicyclic amines) is 2. The van der Waals surface area contributed by atoms with E-state index in [1.165, 1.54) is 28.6 Å². The molecule has 2 N–H and O–H groups in total. The van der Waals surface area contributed by atoms with E-state index in [1.54, 1.807) is 11.8 Å². The second kappa shape index (κ2) is 19.2. The van der Waals surface area contributed by atoms with Crippen LogP contribution in [0, 0.1) is 0 Å². The summed E-state index contributed by atoms with van der Waals surface area (Å²) in [4.78, 5) is 74.1. The van der Waals surface area contributed by atoms with E-state index in [1.807, 2.05) is 13.8 Å². The molecule has 0 radical (unpaired) electrons. The number of hydrogen-bond acceptors (Lipinski definition) is 8. The lowest BCUT2D eigenvalue weighted by atomic mass is 10.1. The lowest BCUT2D eigenvalue weighted by Crippen LogP contribution is -2.32. The Morgan fingerprint density at radius 3 is 1.95 bits per heavy atom. The minimum absolute atomic E-state index is 0.0568. The third kappa shape index (κ3) is 12.8. The van der Waals surface area contributed by atoms with Gasteiger partial charge in [-0.2, -0.15) is 0 Å². The van der Waals surface area contributed by atoms with Crippen molar-refractivity contribution in [2.75, 3.05) is 31.6 Å². The lowest BCUT2D eigenvalue weighted by Gasteiger charge is -2.14. The second-order valence-corrected chi connectivity index (χ2v) is 13.5. The van der Waals surface area contributed by atoms with Gasteiger partial charge in [0, 0.05) is 51.9 Å². The van der Waals surface area contributed by atoms with Crippen molar-refractivity contribution in [1.29, 1.82) is 0 Å². The van der Waals surface area contributed by atoms with Crippen molar-refractivity contribution in [3.05, 3.63) is 0 Å². The van der Waals surface area contributed by atoms with Crippen LogP contribution in [0.25, 0.3) is 0 Å². The first-order chi connectivity index (χ1) is 19.6. The summed E-state index contributed by atoms with van der Waals surface area (Å²) in [7, 11) is 1.53. The Morgan fingerprint density at radius 1 is 0.805 bits per heavy atom. The topological polar surface area (TPSA) is 133 Å².